The maximum Gasteiger partial charge on any atom is 0.325 e. The fourth-order valence-electron chi connectivity index (χ4n) is 4.18. The van der Waals surface area contributed by atoms with Gasteiger partial charge >= 0.3 is 5.00 Å². The molecule has 2 aliphatic carbocycles. The molecule has 0 aromatic carbocycles. The van der Waals surface area contributed by atoms with Gasteiger partial charge in [0.05, 0.1) is 4.92 Å². The summed E-state index contributed by atoms with van der Waals surface area (Å²) in [6.45, 7) is 6.59. The van der Waals surface area contributed by atoms with Crippen LogP contribution in [0.4, 0.5) is 5.00 Å². The lowest BCUT2D eigenvalue weighted by atomic mass is 9.69. The fraction of sp³-hybridized carbons (Fsp3) is 0.714. The van der Waals surface area contributed by atoms with Gasteiger partial charge in [-0.05, 0) is 53.4 Å². The molecule has 0 aliphatic heterocycles. The first-order valence-corrected chi connectivity index (χ1v) is 9.64. The highest BCUT2D eigenvalue weighted by Gasteiger charge is 2.61. The average Bonchev–Trinajstić information content (AvgIpc) is 3.02. The lowest BCUT2D eigenvalue weighted by Gasteiger charge is -2.39. The van der Waals surface area contributed by atoms with E-state index in [2.05, 4.69) is 25.5 Å². The zero-order valence-electron chi connectivity index (χ0n) is 12.8. The molecule has 1 N–H and O–H groups in total. The largest absolute Gasteiger partial charge is 0.325 e. The van der Waals surface area contributed by atoms with E-state index in [1.54, 1.807) is 0 Å². The van der Waals surface area contributed by atoms with E-state index >= 15 is 0 Å². The van der Waals surface area contributed by atoms with E-state index in [1.807, 2.05) is 0 Å². The van der Waals surface area contributed by atoms with Crippen LogP contribution < -0.4 is 4.72 Å². The lowest BCUT2D eigenvalue weighted by molar-refractivity contribution is -0.380. The van der Waals surface area contributed by atoms with Crippen molar-refractivity contribution in [1.29, 1.82) is 0 Å². The zero-order chi connectivity index (χ0) is 16.3. The van der Waals surface area contributed by atoms with Crippen molar-refractivity contribution >= 4 is 26.4 Å². The molecule has 2 fully saturated rings. The molecule has 0 amide bonds. The van der Waals surface area contributed by atoms with E-state index in [4.69, 9.17) is 0 Å². The molecule has 3 atom stereocenters. The monoisotopic (exact) mass is 344 g/mol. The Morgan fingerprint density at radius 1 is 1.36 bits per heavy atom. The highest BCUT2D eigenvalue weighted by molar-refractivity contribution is 7.91. The molecule has 3 rings (SSSR count). The summed E-state index contributed by atoms with van der Waals surface area (Å²) < 4.78 is 27.9. The molecular weight excluding hydrogens is 324 g/mol. The Balaban J connectivity index is 1.85. The molecule has 1 aromatic heterocycles. The van der Waals surface area contributed by atoms with Crippen LogP contribution in [0.2, 0.25) is 0 Å². The number of nitrogens with one attached hydrogen (secondary N) is 1. The van der Waals surface area contributed by atoms with Crippen molar-refractivity contribution in [3.8, 4) is 0 Å². The van der Waals surface area contributed by atoms with Crippen molar-refractivity contribution in [2.24, 2.45) is 16.7 Å². The van der Waals surface area contributed by atoms with Gasteiger partial charge in [-0.15, -0.1) is 0 Å². The minimum Gasteiger partial charge on any atom is -0.258 e. The van der Waals surface area contributed by atoms with Crippen LogP contribution in [0.1, 0.15) is 40.0 Å². The summed E-state index contributed by atoms with van der Waals surface area (Å²) in [4.78, 5) is 10.2. The molecule has 3 unspecified atom stereocenters. The Bertz CT molecular complexity index is 725. The molecule has 0 radical (unpaired) electrons. The second kappa shape index (κ2) is 4.75. The van der Waals surface area contributed by atoms with Crippen molar-refractivity contribution in [2.45, 2.75) is 50.3 Å². The van der Waals surface area contributed by atoms with Crippen LogP contribution >= 0.6 is 11.3 Å². The normalized spacial score (nSPS) is 33.2. The van der Waals surface area contributed by atoms with Crippen LogP contribution in [-0.2, 0) is 10.0 Å². The second-order valence-corrected chi connectivity index (χ2v) is 10.1. The van der Waals surface area contributed by atoms with Crippen LogP contribution in [0.3, 0.4) is 0 Å². The number of rotatable bonds is 4. The van der Waals surface area contributed by atoms with Gasteiger partial charge in [0.2, 0.25) is 0 Å². The molecule has 8 heteroatoms. The average molecular weight is 344 g/mol. The van der Waals surface area contributed by atoms with Gasteiger partial charge in [-0.2, -0.15) is 0 Å². The molecule has 0 saturated heterocycles. The summed E-state index contributed by atoms with van der Waals surface area (Å²) >= 11 is 0.701. The second-order valence-electron chi connectivity index (χ2n) is 7.13. The summed E-state index contributed by atoms with van der Waals surface area (Å²) in [6.07, 6.45) is 3.00. The molecule has 122 valence electrons. The molecular formula is C14H20N2O4S2. The van der Waals surface area contributed by atoms with Gasteiger partial charge in [0, 0.05) is 12.1 Å². The van der Waals surface area contributed by atoms with Crippen molar-refractivity contribution < 1.29 is 13.3 Å². The first-order chi connectivity index (χ1) is 10.1. The molecule has 22 heavy (non-hydrogen) atoms. The van der Waals surface area contributed by atoms with E-state index in [0.29, 0.717) is 17.3 Å². The Hall–Kier alpha value is -0.990. The highest BCUT2D eigenvalue weighted by Crippen LogP contribution is 2.65. The fourth-order valence-corrected chi connectivity index (χ4v) is 6.67. The van der Waals surface area contributed by atoms with E-state index in [-0.39, 0.29) is 26.1 Å². The van der Waals surface area contributed by atoms with Gasteiger partial charge in [-0.25, -0.2) is 13.1 Å². The van der Waals surface area contributed by atoms with Crippen molar-refractivity contribution in [2.75, 3.05) is 0 Å². The minimum atomic E-state index is -3.70. The van der Waals surface area contributed by atoms with E-state index in [0.717, 1.165) is 19.3 Å². The maximum absolute atomic E-state index is 12.5. The summed E-state index contributed by atoms with van der Waals surface area (Å²) in [7, 11) is -3.70. The van der Waals surface area contributed by atoms with E-state index in [9.17, 15) is 18.5 Å². The van der Waals surface area contributed by atoms with Gasteiger partial charge in [0.1, 0.15) is 4.21 Å². The lowest BCUT2D eigenvalue weighted by Crippen LogP contribution is -2.46. The van der Waals surface area contributed by atoms with Crippen LogP contribution in [0, 0.1) is 26.9 Å². The van der Waals surface area contributed by atoms with Gasteiger partial charge in [-0.1, -0.05) is 20.8 Å². The third-order valence-corrected chi connectivity index (χ3v) is 9.10. The standard InChI is InChI=1S/C14H20N2O4S2/c1-13(2)9-6-7-14(13,3)10(8-9)15-22(19,20)12-5-4-11(21-12)16(17)18/h4-5,9-10,15H,6-8H2,1-3H3. The summed E-state index contributed by atoms with van der Waals surface area (Å²) in [6, 6.07) is 2.45. The molecule has 2 bridgehead atoms. The summed E-state index contributed by atoms with van der Waals surface area (Å²) in [5, 5.41) is 10.6. The first-order valence-electron chi connectivity index (χ1n) is 7.34. The van der Waals surface area contributed by atoms with Crippen LogP contribution in [-0.4, -0.2) is 19.4 Å². The van der Waals surface area contributed by atoms with Crippen LogP contribution in [0.25, 0.3) is 0 Å². The molecule has 1 aromatic rings. The molecule has 0 spiro atoms. The maximum atomic E-state index is 12.5. The number of nitro groups is 1. The molecule has 2 aliphatic rings. The Kier molecular flexibility index (Phi) is 3.43. The first kappa shape index (κ1) is 15.9. The highest BCUT2D eigenvalue weighted by atomic mass is 32.2. The number of hydrogen-bond acceptors (Lipinski definition) is 5. The zero-order valence-corrected chi connectivity index (χ0v) is 14.5. The van der Waals surface area contributed by atoms with E-state index < -0.39 is 14.9 Å². The van der Waals surface area contributed by atoms with Gasteiger partial charge in [0.25, 0.3) is 10.0 Å². The van der Waals surface area contributed by atoms with Crippen molar-refractivity contribution in [1.82, 2.24) is 4.72 Å². The van der Waals surface area contributed by atoms with Gasteiger partial charge < -0.3 is 0 Å². The third-order valence-electron chi connectivity index (χ3n) is 6.10. The summed E-state index contributed by atoms with van der Waals surface area (Å²) in [5.41, 5.74) is 0.0512. The quantitative estimate of drug-likeness (QED) is 0.671. The summed E-state index contributed by atoms with van der Waals surface area (Å²) in [5.74, 6) is 0.530. The smallest absolute Gasteiger partial charge is 0.258 e. The Morgan fingerprint density at radius 2 is 2.05 bits per heavy atom. The number of thiophene rings is 1. The number of sulfonamides is 1. The SMILES string of the molecule is CC1(C)C2CCC1(C)C(NS(=O)(=O)c1ccc([N+](=O)[O-])s1)C2. The predicted octanol–water partition coefficient (Wildman–Crippen LogP) is 3.15. The Morgan fingerprint density at radius 3 is 2.50 bits per heavy atom. The Labute approximate surface area is 134 Å². The number of fused-ring (bicyclic) bond motifs is 2. The van der Waals surface area contributed by atoms with Crippen LogP contribution in [0.15, 0.2) is 16.3 Å². The molecule has 2 saturated carbocycles. The van der Waals surface area contributed by atoms with Crippen LogP contribution in [0.5, 0.6) is 0 Å². The molecule has 1 heterocycles. The van der Waals surface area contributed by atoms with E-state index in [1.165, 1.54) is 12.1 Å². The molecule has 6 nitrogen and oxygen atoms in total. The topological polar surface area (TPSA) is 89.3 Å². The van der Waals surface area contributed by atoms with Gasteiger partial charge in [-0.3, -0.25) is 10.1 Å². The van der Waals surface area contributed by atoms with Gasteiger partial charge in [0.15, 0.2) is 0 Å². The number of hydrogen-bond donors (Lipinski definition) is 1. The van der Waals surface area contributed by atoms with Crippen molar-refractivity contribution in [3.05, 3.63) is 22.2 Å². The minimum absolute atomic E-state index is 0.0170. The predicted molar refractivity (Wildman–Crippen MR) is 84.3 cm³/mol. The number of nitrogens with zero attached hydrogens (tertiary/aromatic N) is 1. The van der Waals surface area contributed by atoms with Crippen molar-refractivity contribution in [3.63, 3.8) is 0 Å². The third kappa shape index (κ3) is 2.11.